The van der Waals surface area contributed by atoms with E-state index in [1.807, 2.05) is 6.20 Å². The Hall–Kier alpha value is -0.830. The minimum absolute atomic E-state index is 0.747. The van der Waals surface area contributed by atoms with Gasteiger partial charge in [0.2, 0.25) is 0 Å². The smallest absolute Gasteiger partial charge is 0.108 e. The van der Waals surface area contributed by atoms with Crippen LogP contribution < -0.4 is 5.73 Å². The SMILES string of the molecule is CCn1ccnc1CC1CCC1CN. The van der Waals surface area contributed by atoms with Gasteiger partial charge in [0.25, 0.3) is 0 Å². The van der Waals surface area contributed by atoms with Crippen molar-refractivity contribution in [2.24, 2.45) is 17.6 Å². The number of hydrogen-bond acceptors (Lipinski definition) is 2. The molecule has 0 bridgehead atoms. The van der Waals surface area contributed by atoms with E-state index in [0.717, 1.165) is 31.3 Å². The lowest BCUT2D eigenvalue weighted by molar-refractivity contribution is 0.179. The molecule has 0 amide bonds. The second-order valence-electron chi connectivity index (χ2n) is 4.17. The second-order valence-corrected chi connectivity index (χ2v) is 4.17. The summed E-state index contributed by atoms with van der Waals surface area (Å²) >= 11 is 0. The van der Waals surface area contributed by atoms with Gasteiger partial charge in [0.15, 0.2) is 0 Å². The molecule has 3 heteroatoms. The minimum Gasteiger partial charge on any atom is -0.335 e. The summed E-state index contributed by atoms with van der Waals surface area (Å²) < 4.78 is 2.23. The fraction of sp³-hybridized carbons (Fsp3) is 0.727. The van der Waals surface area contributed by atoms with Gasteiger partial charge < -0.3 is 10.3 Å². The van der Waals surface area contributed by atoms with Crippen molar-refractivity contribution in [3.8, 4) is 0 Å². The van der Waals surface area contributed by atoms with Crippen molar-refractivity contribution in [1.29, 1.82) is 0 Å². The molecule has 2 N–H and O–H groups in total. The lowest BCUT2D eigenvalue weighted by Gasteiger charge is -2.35. The van der Waals surface area contributed by atoms with E-state index in [9.17, 15) is 0 Å². The summed E-state index contributed by atoms with van der Waals surface area (Å²) in [5, 5.41) is 0. The fourth-order valence-corrected chi connectivity index (χ4v) is 2.27. The van der Waals surface area contributed by atoms with Gasteiger partial charge in [-0.25, -0.2) is 4.98 Å². The highest BCUT2D eigenvalue weighted by molar-refractivity contribution is 4.97. The van der Waals surface area contributed by atoms with E-state index < -0.39 is 0 Å². The van der Waals surface area contributed by atoms with Gasteiger partial charge in [0.1, 0.15) is 5.82 Å². The highest BCUT2D eigenvalue weighted by Crippen LogP contribution is 2.35. The normalized spacial score (nSPS) is 26.1. The van der Waals surface area contributed by atoms with Crippen LogP contribution in [0.4, 0.5) is 0 Å². The first-order valence-electron chi connectivity index (χ1n) is 5.55. The van der Waals surface area contributed by atoms with Crippen molar-refractivity contribution in [2.75, 3.05) is 6.54 Å². The third-order valence-corrected chi connectivity index (χ3v) is 3.46. The number of nitrogens with two attached hydrogens (primary N) is 1. The minimum atomic E-state index is 0.747. The predicted octanol–water partition coefficient (Wildman–Crippen LogP) is 1.43. The molecule has 1 aliphatic rings. The van der Waals surface area contributed by atoms with Gasteiger partial charge in [-0.3, -0.25) is 0 Å². The molecular formula is C11H19N3. The number of rotatable bonds is 4. The van der Waals surface area contributed by atoms with Gasteiger partial charge in [0.05, 0.1) is 0 Å². The van der Waals surface area contributed by atoms with Crippen LogP contribution in [0.1, 0.15) is 25.6 Å². The summed E-state index contributed by atoms with van der Waals surface area (Å²) in [5.41, 5.74) is 5.70. The molecule has 1 heterocycles. The topological polar surface area (TPSA) is 43.8 Å². The number of aromatic nitrogens is 2. The zero-order valence-corrected chi connectivity index (χ0v) is 8.82. The highest BCUT2D eigenvalue weighted by atomic mass is 15.1. The zero-order valence-electron chi connectivity index (χ0n) is 8.82. The first kappa shape index (κ1) is 9.71. The maximum Gasteiger partial charge on any atom is 0.108 e. The Kier molecular flexibility index (Phi) is 2.87. The molecule has 1 aliphatic carbocycles. The highest BCUT2D eigenvalue weighted by Gasteiger charge is 2.30. The first-order valence-corrected chi connectivity index (χ1v) is 5.55. The Labute approximate surface area is 85.3 Å². The van der Waals surface area contributed by atoms with E-state index in [1.54, 1.807) is 0 Å². The molecule has 1 saturated carbocycles. The Balaban J connectivity index is 1.97. The van der Waals surface area contributed by atoms with Gasteiger partial charge in [-0.15, -0.1) is 0 Å². The Morgan fingerprint density at radius 3 is 2.86 bits per heavy atom. The molecular weight excluding hydrogens is 174 g/mol. The molecule has 0 saturated heterocycles. The molecule has 1 aromatic heterocycles. The maximum absolute atomic E-state index is 5.70. The molecule has 2 atom stereocenters. The molecule has 3 nitrogen and oxygen atoms in total. The first-order chi connectivity index (χ1) is 6.85. The van der Waals surface area contributed by atoms with Crippen molar-refractivity contribution in [3.63, 3.8) is 0 Å². The van der Waals surface area contributed by atoms with Crippen LogP contribution in [0.5, 0.6) is 0 Å². The molecule has 0 aromatic carbocycles. The predicted molar refractivity (Wildman–Crippen MR) is 56.9 cm³/mol. The van der Waals surface area contributed by atoms with Crippen molar-refractivity contribution in [2.45, 2.75) is 32.7 Å². The molecule has 0 radical (unpaired) electrons. The van der Waals surface area contributed by atoms with E-state index in [2.05, 4.69) is 22.7 Å². The van der Waals surface area contributed by atoms with Crippen LogP contribution in [-0.4, -0.2) is 16.1 Å². The Morgan fingerprint density at radius 1 is 1.50 bits per heavy atom. The Bertz CT molecular complexity index is 290. The standard InChI is InChI=1S/C11H19N3/c1-2-14-6-5-13-11(14)7-9-3-4-10(9)8-12/h5-6,9-10H,2-4,7-8,12H2,1H3. The fourth-order valence-electron chi connectivity index (χ4n) is 2.27. The number of nitrogens with zero attached hydrogens (tertiary/aromatic N) is 2. The lowest BCUT2D eigenvalue weighted by atomic mass is 9.72. The van der Waals surface area contributed by atoms with Crippen LogP contribution in [0.15, 0.2) is 12.4 Å². The molecule has 14 heavy (non-hydrogen) atoms. The molecule has 2 unspecified atom stereocenters. The summed E-state index contributed by atoms with van der Waals surface area (Å²) in [6.45, 7) is 4.03. The van der Waals surface area contributed by atoms with Crippen molar-refractivity contribution >= 4 is 0 Å². The number of aryl methyl sites for hydroxylation is 1. The van der Waals surface area contributed by atoms with Crippen LogP contribution in [-0.2, 0) is 13.0 Å². The summed E-state index contributed by atoms with van der Waals surface area (Å²) in [6, 6.07) is 0. The molecule has 2 rings (SSSR count). The quantitative estimate of drug-likeness (QED) is 0.786. The molecule has 78 valence electrons. The van der Waals surface area contributed by atoms with E-state index >= 15 is 0 Å². The molecule has 1 fully saturated rings. The second kappa shape index (κ2) is 4.13. The van der Waals surface area contributed by atoms with Gasteiger partial charge in [-0.2, -0.15) is 0 Å². The third kappa shape index (κ3) is 1.69. The average Bonchev–Trinajstić information content (AvgIpc) is 2.60. The molecule has 0 aliphatic heterocycles. The van der Waals surface area contributed by atoms with Gasteiger partial charge in [-0.1, -0.05) is 0 Å². The van der Waals surface area contributed by atoms with Crippen LogP contribution in [0.25, 0.3) is 0 Å². The molecule has 1 aromatic rings. The van der Waals surface area contributed by atoms with Crippen molar-refractivity contribution in [3.05, 3.63) is 18.2 Å². The van der Waals surface area contributed by atoms with Gasteiger partial charge >= 0.3 is 0 Å². The van der Waals surface area contributed by atoms with E-state index in [0.29, 0.717) is 0 Å². The zero-order chi connectivity index (χ0) is 9.97. The maximum atomic E-state index is 5.70. The van der Waals surface area contributed by atoms with Crippen LogP contribution in [0.2, 0.25) is 0 Å². The van der Waals surface area contributed by atoms with E-state index in [-0.39, 0.29) is 0 Å². The molecule has 0 spiro atoms. The van der Waals surface area contributed by atoms with Crippen LogP contribution in [0, 0.1) is 11.8 Å². The summed E-state index contributed by atoms with van der Waals surface area (Å²) in [5.74, 6) is 2.76. The monoisotopic (exact) mass is 193 g/mol. The van der Waals surface area contributed by atoms with Crippen molar-refractivity contribution < 1.29 is 0 Å². The van der Waals surface area contributed by atoms with Crippen LogP contribution >= 0.6 is 0 Å². The van der Waals surface area contributed by atoms with E-state index in [4.69, 9.17) is 5.73 Å². The van der Waals surface area contributed by atoms with Gasteiger partial charge in [0, 0.05) is 25.4 Å². The lowest BCUT2D eigenvalue weighted by Crippen LogP contribution is -2.34. The van der Waals surface area contributed by atoms with E-state index in [1.165, 1.54) is 18.7 Å². The summed E-state index contributed by atoms with van der Waals surface area (Å²) in [6.07, 6.45) is 7.72. The average molecular weight is 193 g/mol. The van der Waals surface area contributed by atoms with Crippen LogP contribution in [0.3, 0.4) is 0 Å². The number of imidazole rings is 1. The third-order valence-electron chi connectivity index (χ3n) is 3.46. The summed E-state index contributed by atoms with van der Waals surface area (Å²) in [7, 11) is 0. The number of hydrogen-bond donors (Lipinski definition) is 1. The summed E-state index contributed by atoms with van der Waals surface area (Å²) in [4.78, 5) is 4.40. The van der Waals surface area contributed by atoms with Gasteiger partial charge in [-0.05, 0) is 38.1 Å². The largest absolute Gasteiger partial charge is 0.335 e. The Morgan fingerprint density at radius 2 is 2.29 bits per heavy atom. The van der Waals surface area contributed by atoms with Crippen molar-refractivity contribution in [1.82, 2.24) is 9.55 Å².